The lowest BCUT2D eigenvalue weighted by molar-refractivity contribution is -0.384. The first-order chi connectivity index (χ1) is 9.11. The highest BCUT2D eigenvalue weighted by molar-refractivity contribution is 5.64. The van der Waals surface area contributed by atoms with Gasteiger partial charge in [0.1, 0.15) is 11.4 Å². The van der Waals surface area contributed by atoms with Crippen LogP contribution in [0.5, 0.6) is 5.75 Å². The maximum Gasteiger partial charge on any atom is 0.296 e. The Morgan fingerprint density at radius 2 is 2.26 bits per heavy atom. The molecular weight excluding hydrogens is 244 g/mol. The Balaban J connectivity index is 2.21. The second-order valence-electron chi connectivity index (χ2n) is 5.03. The molecule has 0 aromatic heterocycles. The van der Waals surface area contributed by atoms with Gasteiger partial charge >= 0.3 is 0 Å². The van der Waals surface area contributed by atoms with Crippen molar-refractivity contribution in [1.82, 2.24) is 0 Å². The van der Waals surface area contributed by atoms with Crippen LogP contribution in [0.25, 0.3) is 0 Å². The van der Waals surface area contributed by atoms with E-state index in [4.69, 9.17) is 4.74 Å². The molecule has 104 valence electrons. The summed E-state index contributed by atoms with van der Waals surface area (Å²) in [6.45, 7) is 4.55. The first-order valence-corrected chi connectivity index (χ1v) is 6.79. The highest BCUT2D eigenvalue weighted by Gasteiger charge is 2.25. The minimum absolute atomic E-state index is 0.0880. The molecule has 0 spiro atoms. The number of benzene rings is 1. The topological polar surface area (TPSA) is 64.4 Å². The van der Waals surface area contributed by atoms with Crippen molar-refractivity contribution in [3.05, 3.63) is 28.3 Å². The Kier molecular flexibility index (Phi) is 4.24. The van der Waals surface area contributed by atoms with E-state index in [1.54, 1.807) is 12.1 Å². The molecule has 0 heterocycles. The zero-order chi connectivity index (χ0) is 13.8. The fraction of sp³-hybridized carbons (Fsp3) is 0.571. The van der Waals surface area contributed by atoms with E-state index in [1.807, 2.05) is 6.92 Å². The van der Waals surface area contributed by atoms with E-state index in [0.29, 0.717) is 30.0 Å². The number of anilines is 1. The van der Waals surface area contributed by atoms with Crippen LogP contribution in [0, 0.1) is 16.0 Å². The molecule has 0 amide bonds. The normalized spacial score (nSPS) is 22.2. The SMILES string of the molecule is CCOc1ccc(NC2CCCC2C)c([N+](=O)[O-])c1. The van der Waals surface area contributed by atoms with Gasteiger partial charge in [-0.15, -0.1) is 0 Å². The number of nitrogens with zero attached hydrogens (tertiary/aromatic N) is 1. The van der Waals surface area contributed by atoms with E-state index >= 15 is 0 Å². The summed E-state index contributed by atoms with van der Waals surface area (Å²) in [5.74, 6) is 1.10. The highest BCUT2D eigenvalue weighted by atomic mass is 16.6. The van der Waals surface area contributed by atoms with Gasteiger partial charge in [-0.2, -0.15) is 0 Å². The molecule has 1 aliphatic rings. The van der Waals surface area contributed by atoms with Crippen LogP contribution in [0.15, 0.2) is 18.2 Å². The molecule has 19 heavy (non-hydrogen) atoms. The molecule has 1 N–H and O–H groups in total. The quantitative estimate of drug-likeness (QED) is 0.652. The van der Waals surface area contributed by atoms with Gasteiger partial charge in [0.2, 0.25) is 0 Å². The summed E-state index contributed by atoms with van der Waals surface area (Å²) in [5, 5.41) is 14.5. The number of rotatable bonds is 5. The van der Waals surface area contributed by atoms with Gasteiger partial charge in [0.25, 0.3) is 5.69 Å². The molecule has 1 aliphatic carbocycles. The van der Waals surface area contributed by atoms with Crippen LogP contribution in [0.2, 0.25) is 0 Å². The minimum Gasteiger partial charge on any atom is -0.494 e. The third kappa shape index (κ3) is 3.16. The molecule has 1 aromatic rings. The summed E-state index contributed by atoms with van der Waals surface area (Å²) in [4.78, 5) is 10.8. The van der Waals surface area contributed by atoms with Crippen molar-refractivity contribution >= 4 is 11.4 Å². The molecule has 5 heteroatoms. The third-order valence-electron chi connectivity index (χ3n) is 3.68. The Morgan fingerprint density at radius 1 is 1.47 bits per heavy atom. The van der Waals surface area contributed by atoms with E-state index in [0.717, 1.165) is 6.42 Å². The molecule has 5 nitrogen and oxygen atoms in total. The van der Waals surface area contributed by atoms with Crippen LogP contribution < -0.4 is 10.1 Å². The standard InChI is InChI=1S/C14H20N2O3/c1-3-19-11-7-8-13(14(9-11)16(17)18)15-12-6-4-5-10(12)2/h7-10,12,15H,3-6H2,1-2H3. The second kappa shape index (κ2) is 5.91. The smallest absolute Gasteiger partial charge is 0.296 e. The number of nitro groups is 1. The number of ether oxygens (including phenoxy) is 1. The van der Waals surface area contributed by atoms with Crippen molar-refractivity contribution in [1.29, 1.82) is 0 Å². The molecule has 0 aliphatic heterocycles. The number of nitro benzene ring substituents is 1. The Bertz CT molecular complexity index is 462. The van der Waals surface area contributed by atoms with Crippen molar-refractivity contribution < 1.29 is 9.66 Å². The van der Waals surface area contributed by atoms with Crippen LogP contribution in [-0.4, -0.2) is 17.6 Å². The lowest BCUT2D eigenvalue weighted by Gasteiger charge is -2.18. The van der Waals surface area contributed by atoms with Crippen molar-refractivity contribution in [2.24, 2.45) is 5.92 Å². The molecular formula is C14H20N2O3. The zero-order valence-corrected chi connectivity index (χ0v) is 11.4. The van der Waals surface area contributed by atoms with Gasteiger partial charge in [-0.3, -0.25) is 10.1 Å². The molecule has 1 aromatic carbocycles. The van der Waals surface area contributed by atoms with Gasteiger partial charge < -0.3 is 10.1 Å². The molecule has 0 saturated heterocycles. The van der Waals surface area contributed by atoms with E-state index in [9.17, 15) is 10.1 Å². The van der Waals surface area contributed by atoms with Crippen LogP contribution in [0.4, 0.5) is 11.4 Å². The lowest BCUT2D eigenvalue weighted by Crippen LogP contribution is -2.22. The third-order valence-corrected chi connectivity index (χ3v) is 3.68. The molecule has 2 atom stereocenters. The lowest BCUT2D eigenvalue weighted by atomic mass is 10.1. The van der Waals surface area contributed by atoms with Gasteiger partial charge in [0, 0.05) is 6.04 Å². The first kappa shape index (κ1) is 13.6. The van der Waals surface area contributed by atoms with Gasteiger partial charge in [-0.05, 0) is 37.8 Å². The Morgan fingerprint density at radius 3 is 2.84 bits per heavy atom. The zero-order valence-electron chi connectivity index (χ0n) is 11.4. The molecule has 1 fully saturated rings. The van der Waals surface area contributed by atoms with E-state index in [1.165, 1.54) is 18.9 Å². The fourth-order valence-electron chi connectivity index (χ4n) is 2.60. The van der Waals surface area contributed by atoms with Crippen molar-refractivity contribution in [2.45, 2.75) is 39.2 Å². The van der Waals surface area contributed by atoms with E-state index < -0.39 is 0 Å². The van der Waals surface area contributed by atoms with Crippen molar-refractivity contribution in [3.8, 4) is 5.75 Å². The minimum atomic E-state index is -0.357. The van der Waals surface area contributed by atoms with Crippen molar-refractivity contribution in [3.63, 3.8) is 0 Å². The average Bonchev–Trinajstić information content (AvgIpc) is 2.77. The summed E-state index contributed by atoms with van der Waals surface area (Å²) in [7, 11) is 0. The van der Waals surface area contributed by atoms with Gasteiger partial charge in [0.05, 0.1) is 17.6 Å². The summed E-state index contributed by atoms with van der Waals surface area (Å²) in [5.41, 5.74) is 0.678. The predicted octanol–water partition coefficient (Wildman–Crippen LogP) is 3.59. The summed E-state index contributed by atoms with van der Waals surface area (Å²) < 4.78 is 5.31. The van der Waals surface area contributed by atoms with Gasteiger partial charge in [0.15, 0.2) is 0 Å². The second-order valence-corrected chi connectivity index (χ2v) is 5.03. The van der Waals surface area contributed by atoms with Gasteiger partial charge in [-0.1, -0.05) is 13.3 Å². The fourth-order valence-corrected chi connectivity index (χ4v) is 2.60. The van der Waals surface area contributed by atoms with Crippen LogP contribution >= 0.6 is 0 Å². The maximum atomic E-state index is 11.1. The molecule has 0 radical (unpaired) electrons. The molecule has 2 unspecified atom stereocenters. The Hall–Kier alpha value is -1.78. The first-order valence-electron chi connectivity index (χ1n) is 6.79. The summed E-state index contributed by atoms with van der Waals surface area (Å²) in [6.07, 6.45) is 3.44. The van der Waals surface area contributed by atoms with E-state index in [2.05, 4.69) is 12.2 Å². The molecule has 0 bridgehead atoms. The largest absolute Gasteiger partial charge is 0.494 e. The number of nitrogens with one attached hydrogen (secondary N) is 1. The van der Waals surface area contributed by atoms with Crippen LogP contribution in [-0.2, 0) is 0 Å². The highest BCUT2D eigenvalue weighted by Crippen LogP contribution is 2.33. The van der Waals surface area contributed by atoms with Crippen LogP contribution in [0.3, 0.4) is 0 Å². The van der Waals surface area contributed by atoms with E-state index in [-0.39, 0.29) is 10.6 Å². The molecule has 1 saturated carbocycles. The van der Waals surface area contributed by atoms with Crippen LogP contribution in [0.1, 0.15) is 33.1 Å². The number of hydrogen-bond acceptors (Lipinski definition) is 4. The Labute approximate surface area is 113 Å². The van der Waals surface area contributed by atoms with Crippen molar-refractivity contribution in [2.75, 3.05) is 11.9 Å². The maximum absolute atomic E-state index is 11.1. The average molecular weight is 264 g/mol. The van der Waals surface area contributed by atoms with Gasteiger partial charge in [-0.25, -0.2) is 0 Å². The number of hydrogen-bond donors (Lipinski definition) is 1. The monoisotopic (exact) mass is 264 g/mol. The summed E-state index contributed by atoms with van der Waals surface area (Å²) in [6, 6.07) is 5.34. The molecule has 2 rings (SSSR count). The predicted molar refractivity (Wildman–Crippen MR) is 74.7 cm³/mol. The summed E-state index contributed by atoms with van der Waals surface area (Å²) >= 11 is 0.